The third kappa shape index (κ3) is 3.60. The van der Waals surface area contributed by atoms with Crippen molar-refractivity contribution in [3.63, 3.8) is 0 Å². The third-order valence-electron chi connectivity index (χ3n) is 2.26. The fraction of sp³-hybridized carbons (Fsp3) is 1.00. The van der Waals surface area contributed by atoms with Crippen LogP contribution in [0.25, 0.3) is 0 Å². The molecule has 1 saturated heterocycles. The van der Waals surface area contributed by atoms with E-state index in [1.165, 1.54) is 0 Å². The number of hydrogen-bond donors (Lipinski definition) is 2. The second-order valence-corrected chi connectivity index (χ2v) is 5.37. The summed E-state index contributed by atoms with van der Waals surface area (Å²) in [7, 11) is -3.05. The Balaban J connectivity index is 2.39. The van der Waals surface area contributed by atoms with Crippen LogP contribution in [-0.2, 0) is 10.0 Å². The fourth-order valence-corrected chi connectivity index (χ4v) is 2.26. The van der Waals surface area contributed by atoms with Gasteiger partial charge in [0.25, 0.3) is 0 Å². The molecule has 3 N–H and O–H groups in total. The van der Waals surface area contributed by atoms with E-state index >= 15 is 0 Å². The molecular weight excluding hydrogens is 190 g/mol. The molecule has 0 atom stereocenters. The zero-order valence-corrected chi connectivity index (χ0v) is 8.68. The largest absolute Gasteiger partial charge is 0.269 e. The topological polar surface area (TPSA) is 75.4 Å². The molecule has 1 aliphatic heterocycles. The van der Waals surface area contributed by atoms with Crippen molar-refractivity contribution in [2.24, 2.45) is 5.84 Å². The molecule has 0 aromatic heterocycles. The van der Waals surface area contributed by atoms with Crippen LogP contribution >= 0.6 is 0 Å². The second-order valence-electron chi connectivity index (χ2n) is 3.33. The molecular formula is C7H17N3O2S. The molecule has 0 spiro atoms. The van der Waals surface area contributed by atoms with Crippen LogP contribution in [0.1, 0.15) is 19.8 Å². The molecule has 6 heteroatoms. The molecule has 0 radical (unpaired) electrons. The summed E-state index contributed by atoms with van der Waals surface area (Å²) in [6.07, 6.45) is 1.60. The zero-order chi connectivity index (χ0) is 9.90. The molecule has 1 rings (SSSR count). The van der Waals surface area contributed by atoms with Crippen molar-refractivity contribution in [1.29, 1.82) is 0 Å². The quantitative estimate of drug-likeness (QED) is 0.598. The lowest BCUT2D eigenvalue weighted by Crippen LogP contribution is -2.47. The Morgan fingerprint density at radius 1 is 1.46 bits per heavy atom. The van der Waals surface area contributed by atoms with Crippen molar-refractivity contribution in [3.05, 3.63) is 0 Å². The van der Waals surface area contributed by atoms with Crippen molar-refractivity contribution >= 4 is 10.0 Å². The van der Waals surface area contributed by atoms with Gasteiger partial charge in [-0.1, -0.05) is 0 Å². The number of sulfonamides is 1. The first-order valence-corrected chi connectivity index (χ1v) is 6.18. The predicted octanol–water partition coefficient (Wildman–Crippen LogP) is -0.736. The minimum Gasteiger partial charge on any atom is -0.269 e. The van der Waals surface area contributed by atoms with Crippen LogP contribution in [-0.4, -0.2) is 38.3 Å². The highest BCUT2D eigenvalue weighted by atomic mass is 32.2. The molecule has 1 heterocycles. The van der Waals surface area contributed by atoms with E-state index in [0.717, 1.165) is 25.9 Å². The molecule has 0 aliphatic carbocycles. The standard InChI is InChI=1S/C7H17N3O2S/c1-2-13(11,12)9-7-3-5-10(8)6-4-7/h7,9H,2-6,8H2,1H3. The molecule has 1 aliphatic rings. The van der Waals surface area contributed by atoms with E-state index in [2.05, 4.69) is 4.72 Å². The van der Waals surface area contributed by atoms with E-state index < -0.39 is 10.0 Å². The lowest BCUT2D eigenvalue weighted by atomic mass is 10.1. The average Bonchev–Trinajstić information content (AvgIpc) is 2.09. The minimum atomic E-state index is -3.05. The van der Waals surface area contributed by atoms with Crippen LogP contribution in [0.4, 0.5) is 0 Å². The maximum Gasteiger partial charge on any atom is 0.211 e. The normalized spacial score (nSPS) is 22.0. The van der Waals surface area contributed by atoms with E-state index in [9.17, 15) is 8.42 Å². The van der Waals surface area contributed by atoms with Crippen molar-refractivity contribution in [2.75, 3.05) is 18.8 Å². The molecule has 0 amide bonds. The van der Waals surface area contributed by atoms with Crippen LogP contribution in [0.15, 0.2) is 0 Å². The minimum absolute atomic E-state index is 0.0738. The van der Waals surface area contributed by atoms with Gasteiger partial charge < -0.3 is 0 Å². The molecule has 13 heavy (non-hydrogen) atoms. The van der Waals surface area contributed by atoms with Crippen LogP contribution in [0, 0.1) is 0 Å². The molecule has 1 fully saturated rings. The number of nitrogens with two attached hydrogens (primary N) is 1. The van der Waals surface area contributed by atoms with E-state index in [1.54, 1.807) is 11.9 Å². The van der Waals surface area contributed by atoms with Crippen LogP contribution in [0.3, 0.4) is 0 Å². The van der Waals surface area contributed by atoms with Crippen molar-refractivity contribution in [3.8, 4) is 0 Å². The highest BCUT2D eigenvalue weighted by molar-refractivity contribution is 7.89. The second kappa shape index (κ2) is 4.36. The molecule has 0 unspecified atom stereocenters. The SMILES string of the molecule is CCS(=O)(=O)NC1CCN(N)CC1. The number of hydrogen-bond acceptors (Lipinski definition) is 4. The number of piperidine rings is 1. The van der Waals surface area contributed by atoms with E-state index in [0.29, 0.717) is 0 Å². The van der Waals surface area contributed by atoms with Crippen LogP contribution < -0.4 is 10.6 Å². The van der Waals surface area contributed by atoms with Gasteiger partial charge in [-0.2, -0.15) is 0 Å². The number of nitrogens with zero attached hydrogens (tertiary/aromatic N) is 1. The van der Waals surface area contributed by atoms with E-state index in [4.69, 9.17) is 5.84 Å². The monoisotopic (exact) mass is 207 g/mol. The summed E-state index contributed by atoms with van der Waals surface area (Å²) in [5, 5.41) is 1.72. The van der Waals surface area contributed by atoms with Gasteiger partial charge in [0.15, 0.2) is 0 Å². The Hall–Kier alpha value is -0.170. The number of hydrazine groups is 1. The zero-order valence-electron chi connectivity index (χ0n) is 7.86. The molecule has 5 nitrogen and oxygen atoms in total. The Morgan fingerprint density at radius 2 is 2.00 bits per heavy atom. The summed E-state index contributed by atoms with van der Waals surface area (Å²) in [5.74, 6) is 5.70. The summed E-state index contributed by atoms with van der Waals surface area (Å²) in [6.45, 7) is 3.16. The first-order valence-electron chi connectivity index (χ1n) is 4.53. The van der Waals surface area contributed by atoms with Crippen molar-refractivity contribution in [2.45, 2.75) is 25.8 Å². The van der Waals surface area contributed by atoms with E-state index in [1.807, 2.05) is 0 Å². The van der Waals surface area contributed by atoms with E-state index in [-0.39, 0.29) is 11.8 Å². The van der Waals surface area contributed by atoms with Gasteiger partial charge in [-0.15, -0.1) is 0 Å². The number of nitrogens with one attached hydrogen (secondary N) is 1. The summed E-state index contributed by atoms with van der Waals surface area (Å²) in [4.78, 5) is 0. The summed E-state index contributed by atoms with van der Waals surface area (Å²) >= 11 is 0. The van der Waals surface area contributed by atoms with Gasteiger partial charge >= 0.3 is 0 Å². The molecule has 0 bridgehead atoms. The Kier molecular flexibility index (Phi) is 3.66. The highest BCUT2D eigenvalue weighted by Gasteiger charge is 2.20. The Morgan fingerprint density at radius 3 is 2.46 bits per heavy atom. The van der Waals surface area contributed by atoms with Crippen LogP contribution in [0.5, 0.6) is 0 Å². The predicted molar refractivity (Wildman–Crippen MR) is 51.4 cm³/mol. The summed E-state index contributed by atoms with van der Waals surface area (Å²) in [6, 6.07) is 0.0738. The van der Waals surface area contributed by atoms with Gasteiger partial charge in [-0.3, -0.25) is 5.84 Å². The maximum atomic E-state index is 11.2. The van der Waals surface area contributed by atoms with Crippen molar-refractivity contribution < 1.29 is 8.42 Å². The van der Waals surface area contributed by atoms with Gasteiger partial charge in [0.05, 0.1) is 5.75 Å². The number of rotatable bonds is 3. The first kappa shape index (κ1) is 10.9. The van der Waals surface area contributed by atoms with Crippen LogP contribution in [0.2, 0.25) is 0 Å². The maximum absolute atomic E-state index is 11.2. The van der Waals surface area contributed by atoms with Gasteiger partial charge in [-0.25, -0.2) is 18.1 Å². The van der Waals surface area contributed by atoms with Gasteiger partial charge in [0.1, 0.15) is 0 Å². The lowest BCUT2D eigenvalue weighted by Gasteiger charge is -2.28. The fourth-order valence-electron chi connectivity index (χ4n) is 1.35. The molecule has 78 valence electrons. The Labute approximate surface area is 79.3 Å². The lowest BCUT2D eigenvalue weighted by molar-refractivity contribution is 0.212. The Bertz CT molecular complexity index is 244. The summed E-state index contributed by atoms with van der Waals surface area (Å²) < 4.78 is 25.0. The van der Waals surface area contributed by atoms with Gasteiger partial charge in [0.2, 0.25) is 10.0 Å². The van der Waals surface area contributed by atoms with Gasteiger partial charge in [-0.05, 0) is 19.8 Å². The van der Waals surface area contributed by atoms with Gasteiger partial charge in [0, 0.05) is 19.1 Å². The molecule has 0 aromatic rings. The smallest absolute Gasteiger partial charge is 0.211 e. The third-order valence-corrected chi connectivity index (χ3v) is 3.71. The molecule has 0 saturated carbocycles. The molecule has 0 aromatic carbocycles. The first-order chi connectivity index (χ1) is 6.03. The van der Waals surface area contributed by atoms with Crippen molar-refractivity contribution in [1.82, 2.24) is 9.73 Å². The highest BCUT2D eigenvalue weighted by Crippen LogP contribution is 2.07. The average molecular weight is 207 g/mol. The summed E-state index contributed by atoms with van der Waals surface area (Å²) in [5.41, 5.74) is 0.